The zero-order valence-electron chi connectivity index (χ0n) is 27.2. The highest BCUT2D eigenvalue weighted by Gasteiger charge is 2.37. The van der Waals surface area contributed by atoms with Crippen LogP contribution in [0.25, 0.3) is 62.4 Å². The Morgan fingerprint density at radius 1 is 0.549 bits per heavy atom. The molecule has 0 amide bonds. The van der Waals surface area contributed by atoms with E-state index in [2.05, 4.69) is 139 Å². The predicted octanol–water partition coefficient (Wildman–Crippen LogP) is 9.18. The third-order valence-corrected chi connectivity index (χ3v) is 12.4. The molecule has 4 nitrogen and oxygen atoms in total. The lowest BCUT2D eigenvalue weighted by Crippen LogP contribution is -2.16. The molecule has 51 heavy (non-hydrogen) atoms. The molecular weight excluding hydrogens is 661 g/mol. The van der Waals surface area contributed by atoms with Crippen LogP contribution in [0, 0.1) is 10.4 Å². The molecule has 0 radical (unpaired) electrons. The van der Waals surface area contributed by atoms with Crippen LogP contribution in [0.15, 0.2) is 143 Å². The summed E-state index contributed by atoms with van der Waals surface area (Å²) >= 11 is 0. The van der Waals surface area contributed by atoms with Crippen molar-refractivity contribution in [3.8, 4) is 44.6 Å². The fourth-order valence-corrected chi connectivity index (χ4v) is 10.2. The average Bonchev–Trinajstić information content (AvgIpc) is 3.90. The number of allylic oxidation sites excluding steroid dienone is 2. The smallest absolute Gasteiger partial charge is 0.125 e. The minimum Gasteiger partial charge on any atom is -0.202 e. The molecule has 0 fully saturated rings. The normalized spacial score (nSPS) is 14.4. The molecule has 6 heteroatoms. The van der Waals surface area contributed by atoms with E-state index in [1.807, 2.05) is 12.1 Å². The molecule has 1 aliphatic heterocycles. The summed E-state index contributed by atoms with van der Waals surface area (Å²) in [5.41, 5.74) is 16.6. The van der Waals surface area contributed by atoms with Crippen LogP contribution in [-0.2, 0) is 6.42 Å². The van der Waals surface area contributed by atoms with E-state index in [1.54, 1.807) is 10.8 Å². The molecule has 4 aliphatic rings. The Hall–Kier alpha value is -5.82. The van der Waals surface area contributed by atoms with Crippen LogP contribution in [0.2, 0.25) is 0 Å². The second-order valence-corrected chi connectivity index (χ2v) is 15.0. The van der Waals surface area contributed by atoms with Gasteiger partial charge in [0.15, 0.2) is 0 Å². The summed E-state index contributed by atoms with van der Waals surface area (Å²) in [6.45, 7) is 0. The van der Waals surface area contributed by atoms with Crippen molar-refractivity contribution in [1.82, 2.24) is 15.4 Å². The van der Waals surface area contributed by atoms with Gasteiger partial charge in [0.05, 0.1) is 0 Å². The standard InChI is InChI=1S/C45H26N4S2/c1-3-13-26(14-4-1)30-19-11-12-22-33(30)43-38(27-15-5-2-6-16-27)44(47-49-46-43)45-42-37(50-51-48-45)25-35-34-23-28-17-7-9-20-31(28)39(34)36-24-29-18-8-10-21-32(29)40(36)41(35)42/h1-24H,25H2. The van der Waals surface area contributed by atoms with E-state index in [0.29, 0.717) is 0 Å². The Morgan fingerprint density at radius 3 is 2.08 bits per heavy atom. The van der Waals surface area contributed by atoms with E-state index in [9.17, 15) is 0 Å². The van der Waals surface area contributed by atoms with Gasteiger partial charge in [-0.25, -0.2) is 4.40 Å². The zero-order chi connectivity index (χ0) is 33.5. The van der Waals surface area contributed by atoms with Gasteiger partial charge in [-0.3, -0.25) is 0 Å². The first-order chi connectivity index (χ1) is 25.3. The van der Waals surface area contributed by atoms with Crippen LogP contribution in [0.5, 0.6) is 0 Å². The first kappa shape index (κ1) is 29.0. The molecule has 0 N–H and O–H groups in total. The number of aromatic nitrogens is 3. The Bertz CT molecular complexity index is 2940. The van der Waals surface area contributed by atoms with E-state index in [0.717, 1.165) is 51.3 Å². The fourth-order valence-electron chi connectivity index (χ4n) is 8.32. The SMILES string of the molecule is C1=c2c3c(c4c(c2-c2ccccc21)C=c1ccccc1=4)C1=C(C3)SSN=C1c1nnnc(-c2ccccc2-c2ccccc2)c1-c1ccccc1. The van der Waals surface area contributed by atoms with Crippen molar-refractivity contribution < 1.29 is 0 Å². The van der Waals surface area contributed by atoms with Gasteiger partial charge in [-0.1, -0.05) is 133 Å². The number of fused-ring (bicyclic) bond motifs is 10. The van der Waals surface area contributed by atoms with Gasteiger partial charge in [0.2, 0.25) is 0 Å². The van der Waals surface area contributed by atoms with Crippen LogP contribution >= 0.6 is 21.8 Å². The van der Waals surface area contributed by atoms with Crippen molar-refractivity contribution in [3.05, 3.63) is 187 Å². The van der Waals surface area contributed by atoms with Gasteiger partial charge < -0.3 is 0 Å². The molecule has 0 atom stereocenters. The minimum atomic E-state index is 0.749. The van der Waals surface area contributed by atoms with Crippen LogP contribution in [0.1, 0.15) is 27.9 Å². The monoisotopic (exact) mass is 686 g/mol. The van der Waals surface area contributed by atoms with E-state index in [1.165, 1.54) is 75.7 Å². The van der Waals surface area contributed by atoms with Crippen molar-refractivity contribution in [2.45, 2.75) is 6.42 Å². The maximum atomic E-state index is 5.25. The van der Waals surface area contributed by atoms with Crippen LogP contribution < -0.4 is 10.4 Å². The molecule has 11 rings (SSSR count). The summed E-state index contributed by atoms with van der Waals surface area (Å²) < 4.78 is 5.25. The largest absolute Gasteiger partial charge is 0.202 e. The Labute approximate surface area is 301 Å². The molecule has 7 aromatic rings. The van der Waals surface area contributed by atoms with Gasteiger partial charge in [-0.15, -0.1) is 10.2 Å². The van der Waals surface area contributed by atoms with Crippen molar-refractivity contribution in [1.29, 1.82) is 0 Å². The van der Waals surface area contributed by atoms with Crippen LogP contribution in [0.4, 0.5) is 0 Å². The fraction of sp³-hybridized carbons (Fsp3) is 0.0222. The molecule has 0 saturated heterocycles. The van der Waals surface area contributed by atoms with Gasteiger partial charge in [-0.05, 0) is 99.1 Å². The lowest BCUT2D eigenvalue weighted by molar-refractivity contribution is 0.867. The first-order valence-corrected chi connectivity index (χ1v) is 19.1. The summed E-state index contributed by atoms with van der Waals surface area (Å²) in [5.74, 6) is 0. The van der Waals surface area contributed by atoms with Crippen LogP contribution in [0.3, 0.4) is 0 Å². The lowest BCUT2D eigenvalue weighted by atomic mass is 9.87. The average molecular weight is 687 g/mol. The third kappa shape index (κ3) is 4.30. The van der Waals surface area contributed by atoms with Crippen molar-refractivity contribution in [2.24, 2.45) is 4.40 Å². The highest BCUT2D eigenvalue weighted by molar-refractivity contribution is 8.77. The van der Waals surface area contributed by atoms with Gasteiger partial charge in [-0.2, -0.15) is 0 Å². The molecular formula is C45H26N4S2. The molecule has 238 valence electrons. The van der Waals surface area contributed by atoms with E-state index >= 15 is 0 Å². The Balaban J connectivity index is 1.20. The number of nitrogens with zero attached hydrogens (tertiary/aromatic N) is 4. The Kier molecular flexibility index (Phi) is 6.45. The van der Waals surface area contributed by atoms with Gasteiger partial charge in [0.25, 0.3) is 0 Å². The van der Waals surface area contributed by atoms with E-state index in [4.69, 9.17) is 14.6 Å². The van der Waals surface area contributed by atoms with E-state index < -0.39 is 0 Å². The van der Waals surface area contributed by atoms with Gasteiger partial charge >= 0.3 is 0 Å². The van der Waals surface area contributed by atoms with E-state index in [-0.39, 0.29) is 0 Å². The van der Waals surface area contributed by atoms with Crippen molar-refractivity contribution >= 4 is 45.2 Å². The summed E-state index contributed by atoms with van der Waals surface area (Å²) in [7, 11) is 3.30. The summed E-state index contributed by atoms with van der Waals surface area (Å²) in [6, 6.07) is 47.0. The van der Waals surface area contributed by atoms with Crippen molar-refractivity contribution in [2.75, 3.05) is 0 Å². The predicted molar refractivity (Wildman–Crippen MR) is 211 cm³/mol. The molecule has 0 spiro atoms. The summed E-state index contributed by atoms with van der Waals surface area (Å²) in [6.07, 6.45) is 5.64. The second-order valence-electron chi connectivity index (χ2n) is 13.1. The summed E-state index contributed by atoms with van der Waals surface area (Å²) in [4.78, 5) is 1.31. The van der Waals surface area contributed by atoms with Gasteiger partial charge in [0, 0.05) is 39.0 Å². The van der Waals surface area contributed by atoms with Gasteiger partial charge in [0.1, 0.15) is 17.1 Å². The first-order valence-electron chi connectivity index (χ1n) is 17.0. The summed E-state index contributed by atoms with van der Waals surface area (Å²) in [5, 5.41) is 19.3. The zero-order valence-corrected chi connectivity index (χ0v) is 28.8. The molecule has 0 saturated carbocycles. The quantitative estimate of drug-likeness (QED) is 0.137. The number of hydrogen-bond donors (Lipinski definition) is 0. The maximum Gasteiger partial charge on any atom is 0.125 e. The minimum absolute atomic E-state index is 0.749. The topological polar surface area (TPSA) is 51.0 Å². The third-order valence-electron chi connectivity index (χ3n) is 10.4. The molecule has 0 unspecified atom stereocenters. The Morgan fingerprint density at radius 2 is 1.24 bits per heavy atom. The molecule has 6 aromatic carbocycles. The maximum absolute atomic E-state index is 5.25. The van der Waals surface area contributed by atoms with Crippen molar-refractivity contribution in [3.63, 3.8) is 0 Å². The second kappa shape index (κ2) is 11.4. The highest BCUT2D eigenvalue weighted by atomic mass is 33.1. The number of rotatable bonds is 4. The lowest BCUT2D eigenvalue weighted by Gasteiger charge is -2.20. The number of benzene rings is 6. The molecule has 3 aliphatic carbocycles. The number of hydrogen-bond acceptors (Lipinski definition) is 6. The van der Waals surface area contributed by atoms with Crippen LogP contribution in [-0.4, -0.2) is 21.1 Å². The highest BCUT2D eigenvalue weighted by Crippen LogP contribution is 2.52. The molecule has 0 bridgehead atoms. The molecule has 2 heterocycles. The molecule has 1 aromatic heterocycles.